The molecule has 21 heavy (non-hydrogen) atoms. The molecule has 1 aromatic rings. The van der Waals surface area contributed by atoms with E-state index in [0.29, 0.717) is 23.1 Å². The lowest BCUT2D eigenvalue weighted by atomic mass is 10.1. The van der Waals surface area contributed by atoms with Crippen molar-refractivity contribution in [2.75, 3.05) is 31.1 Å². The minimum Gasteiger partial charge on any atom is -0.368 e. The zero-order valence-electron chi connectivity index (χ0n) is 12.6. The largest absolute Gasteiger partial charge is 0.368 e. The van der Waals surface area contributed by atoms with Crippen LogP contribution in [0.5, 0.6) is 0 Å². The number of halogens is 2. The first kappa shape index (κ1) is 16.2. The molecule has 0 saturated carbocycles. The Morgan fingerprint density at radius 2 is 1.71 bits per heavy atom. The number of carbonyl (C=O) groups excluding carboxylic acids is 1. The van der Waals surface area contributed by atoms with Crippen LogP contribution < -0.4 is 10.2 Å². The van der Waals surface area contributed by atoms with Crippen molar-refractivity contribution in [1.82, 2.24) is 10.2 Å². The third-order valence-corrected chi connectivity index (χ3v) is 4.06. The van der Waals surface area contributed by atoms with Gasteiger partial charge in [-0.2, -0.15) is 0 Å². The first-order chi connectivity index (χ1) is 9.76. The van der Waals surface area contributed by atoms with Gasteiger partial charge in [-0.1, -0.05) is 23.2 Å². The number of piperazine rings is 1. The maximum atomic E-state index is 12.1. The first-order valence-electron chi connectivity index (χ1n) is 7.03. The van der Waals surface area contributed by atoms with Gasteiger partial charge >= 0.3 is 6.03 Å². The van der Waals surface area contributed by atoms with Gasteiger partial charge in [-0.3, -0.25) is 0 Å². The molecule has 1 aromatic carbocycles. The molecule has 0 spiro atoms. The molecule has 1 N–H and O–H groups in total. The molecule has 0 aliphatic carbocycles. The summed E-state index contributed by atoms with van der Waals surface area (Å²) >= 11 is 12.0. The summed E-state index contributed by atoms with van der Waals surface area (Å²) in [7, 11) is 0. The van der Waals surface area contributed by atoms with E-state index in [9.17, 15) is 4.79 Å². The molecular weight excluding hydrogens is 309 g/mol. The Labute approximate surface area is 136 Å². The predicted octanol–water partition coefficient (Wildman–Crippen LogP) is 3.62. The second-order valence-electron chi connectivity index (χ2n) is 6.25. The molecule has 1 saturated heterocycles. The van der Waals surface area contributed by atoms with E-state index in [2.05, 4.69) is 10.2 Å². The Hall–Kier alpha value is -1.13. The maximum absolute atomic E-state index is 12.1. The Morgan fingerprint density at radius 1 is 1.10 bits per heavy atom. The van der Waals surface area contributed by atoms with Crippen LogP contribution in [0.4, 0.5) is 10.5 Å². The van der Waals surface area contributed by atoms with E-state index >= 15 is 0 Å². The second-order valence-corrected chi connectivity index (χ2v) is 7.07. The zero-order valence-corrected chi connectivity index (χ0v) is 14.1. The lowest BCUT2D eigenvalue weighted by Crippen LogP contribution is -2.55. The molecule has 1 aliphatic heterocycles. The summed E-state index contributed by atoms with van der Waals surface area (Å²) in [5, 5.41) is 4.11. The van der Waals surface area contributed by atoms with E-state index in [1.807, 2.05) is 37.8 Å². The Kier molecular flexibility index (Phi) is 4.89. The maximum Gasteiger partial charge on any atom is 0.317 e. The predicted molar refractivity (Wildman–Crippen MR) is 88.5 cm³/mol. The molecule has 0 aromatic heterocycles. The van der Waals surface area contributed by atoms with Crippen LogP contribution in [0.3, 0.4) is 0 Å². The highest BCUT2D eigenvalue weighted by Gasteiger charge is 2.24. The molecule has 2 rings (SSSR count). The number of carbonyl (C=O) groups is 1. The standard InChI is InChI=1S/C15H21Cl2N3O/c1-15(2,3)18-14(21)20-8-6-19(7-9-20)11-4-5-12(16)13(17)10-11/h4-5,10H,6-9H2,1-3H3,(H,18,21). The molecule has 1 fully saturated rings. The molecule has 116 valence electrons. The molecule has 1 aliphatic rings. The van der Waals surface area contributed by atoms with E-state index < -0.39 is 0 Å². The molecule has 4 nitrogen and oxygen atoms in total. The van der Waals surface area contributed by atoms with Gasteiger partial charge in [0, 0.05) is 37.4 Å². The molecule has 6 heteroatoms. The third-order valence-electron chi connectivity index (χ3n) is 3.32. The van der Waals surface area contributed by atoms with Crippen molar-refractivity contribution in [1.29, 1.82) is 0 Å². The van der Waals surface area contributed by atoms with Gasteiger partial charge in [0.15, 0.2) is 0 Å². The Bertz CT molecular complexity index is 520. The number of nitrogens with one attached hydrogen (secondary N) is 1. The molecule has 2 amide bonds. The zero-order chi connectivity index (χ0) is 15.6. The first-order valence-corrected chi connectivity index (χ1v) is 7.79. The molecule has 0 atom stereocenters. The molecule has 0 radical (unpaired) electrons. The normalized spacial score (nSPS) is 16.0. The van der Waals surface area contributed by atoms with Crippen LogP contribution in [0.15, 0.2) is 18.2 Å². The number of anilines is 1. The summed E-state index contributed by atoms with van der Waals surface area (Å²) in [6.07, 6.45) is 0. The van der Waals surface area contributed by atoms with Crippen molar-refractivity contribution in [3.63, 3.8) is 0 Å². The second kappa shape index (κ2) is 6.32. The summed E-state index contributed by atoms with van der Waals surface area (Å²) < 4.78 is 0. The van der Waals surface area contributed by atoms with Gasteiger partial charge in [0.2, 0.25) is 0 Å². The van der Waals surface area contributed by atoms with Crippen LogP contribution in [0.2, 0.25) is 10.0 Å². The fourth-order valence-electron chi connectivity index (χ4n) is 2.25. The van der Waals surface area contributed by atoms with Gasteiger partial charge < -0.3 is 15.1 Å². The van der Waals surface area contributed by atoms with Crippen molar-refractivity contribution < 1.29 is 4.79 Å². The highest BCUT2D eigenvalue weighted by molar-refractivity contribution is 6.42. The number of benzene rings is 1. The number of hydrogen-bond donors (Lipinski definition) is 1. The molecule has 0 bridgehead atoms. The van der Waals surface area contributed by atoms with Gasteiger partial charge in [-0.25, -0.2) is 4.79 Å². The van der Waals surface area contributed by atoms with Gasteiger partial charge in [-0.05, 0) is 39.0 Å². The van der Waals surface area contributed by atoms with Gasteiger partial charge in [-0.15, -0.1) is 0 Å². The Balaban J connectivity index is 1.94. The van der Waals surface area contributed by atoms with E-state index in [0.717, 1.165) is 18.8 Å². The fourth-order valence-corrected chi connectivity index (χ4v) is 2.54. The number of urea groups is 1. The van der Waals surface area contributed by atoms with Crippen LogP contribution >= 0.6 is 23.2 Å². The molecular formula is C15H21Cl2N3O. The van der Waals surface area contributed by atoms with Crippen molar-refractivity contribution in [3.05, 3.63) is 28.2 Å². The third kappa shape index (κ3) is 4.42. The minimum absolute atomic E-state index is 0.00344. The average molecular weight is 330 g/mol. The number of amides is 2. The SMILES string of the molecule is CC(C)(C)NC(=O)N1CCN(c2ccc(Cl)c(Cl)c2)CC1. The van der Waals surface area contributed by atoms with Gasteiger partial charge in [0.25, 0.3) is 0 Å². The highest BCUT2D eigenvalue weighted by Crippen LogP contribution is 2.27. The van der Waals surface area contributed by atoms with Crippen LogP contribution in [-0.4, -0.2) is 42.6 Å². The summed E-state index contributed by atoms with van der Waals surface area (Å²) in [5.74, 6) is 0. The Morgan fingerprint density at radius 3 is 2.24 bits per heavy atom. The van der Waals surface area contributed by atoms with Crippen LogP contribution in [0, 0.1) is 0 Å². The number of rotatable bonds is 1. The smallest absolute Gasteiger partial charge is 0.317 e. The lowest BCUT2D eigenvalue weighted by Gasteiger charge is -2.37. The van der Waals surface area contributed by atoms with E-state index in [4.69, 9.17) is 23.2 Å². The van der Waals surface area contributed by atoms with E-state index in [1.54, 1.807) is 6.07 Å². The lowest BCUT2D eigenvalue weighted by molar-refractivity contribution is 0.185. The van der Waals surface area contributed by atoms with Gasteiger partial charge in [0.1, 0.15) is 0 Å². The molecule has 0 unspecified atom stereocenters. The monoisotopic (exact) mass is 329 g/mol. The van der Waals surface area contributed by atoms with Crippen molar-refractivity contribution in [2.24, 2.45) is 0 Å². The fraction of sp³-hybridized carbons (Fsp3) is 0.533. The summed E-state index contributed by atoms with van der Waals surface area (Å²) in [6, 6.07) is 5.63. The highest BCUT2D eigenvalue weighted by atomic mass is 35.5. The topological polar surface area (TPSA) is 35.6 Å². The van der Waals surface area contributed by atoms with E-state index in [1.165, 1.54) is 0 Å². The van der Waals surface area contributed by atoms with Crippen molar-refractivity contribution in [2.45, 2.75) is 26.3 Å². The van der Waals surface area contributed by atoms with Crippen LogP contribution in [0.25, 0.3) is 0 Å². The van der Waals surface area contributed by atoms with Crippen molar-refractivity contribution in [3.8, 4) is 0 Å². The van der Waals surface area contributed by atoms with Crippen molar-refractivity contribution >= 4 is 34.9 Å². The quantitative estimate of drug-likeness (QED) is 0.854. The van der Waals surface area contributed by atoms with Gasteiger partial charge in [0.05, 0.1) is 10.0 Å². The molecule has 1 heterocycles. The van der Waals surface area contributed by atoms with Crippen LogP contribution in [-0.2, 0) is 0 Å². The van der Waals surface area contributed by atoms with Crippen LogP contribution in [0.1, 0.15) is 20.8 Å². The summed E-state index contributed by atoms with van der Waals surface area (Å²) in [5.41, 5.74) is 0.832. The number of nitrogens with zero attached hydrogens (tertiary/aromatic N) is 2. The number of hydrogen-bond acceptors (Lipinski definition) is 2. The average Bonchev–Trinajstić information content (AvgIpc) is 2.40. The van der Waals surface area contributed by atoms with E-state index in [-0.39, 0.29) is 11.6 Å². The summed E-state index contributed by atoms with van der Waals surface area (Å²) in [6.45, 7) is 8.92. The minimum atomic E-state index is -0.210. The summed E-state index contributed by atoms with van der Waals surface area (Å²) in [4.78, 5) is 16.2.